The topological polar surface area (TPSA) is 83.6 Å². The Morgan fingerprint density at radius 1 is 1.48 bits per heavy atom. The van der Waals surface area contributed by atoms with Crippen LogP contribution in [0.4, 0.5) is 0 Å². The molecule has 1 saturated carbocycles. The highest BCUT2D eigenvalue weighted by atomic mass is 32.2. The summed E-state index contributed by atoms with van der Waals surface area (Å²) in [5.41, 5.74) is 0.734. The molecule has 1 aromatic heterocycles. The largest absolute Gasteiger partial charge is 0.344 e. The van der Waals surface area contributed by atoms with Crippen LogP contribution in [0.15, 0.2) is 29.2 Å². The zero-order valence-corrected chi connectivity index (χ0v) is 15.6. The summed E-state index contributed by atoms with van der Waals surface area (Å²) in [6.07, 6.45) is 9.69. The van der Waals surface area contributed by atoms with Gasteiger partial charge in [-0.2, -0.15) is 5.26 Å². The number of hydrogen-bond acceptors (Lipinski definition) is 5. The summed E-state index contributed by atoms with van der Waals surface area (Å²) in [6, 6.07) is 1.89. The van der Waals surface area contributed by atoms with Gasteiger partial charge in [-0.05, 0) is 42.4 Å². The number of rotatable bonds is 7. The van der Waals surface area contributed by atoms with Gasteiger partial charge in [-0.25, -0.2) is 4.68 Å². The Kier molecular flexibility index (Phi) is 7.74. The number of carbonyl (C=O) groups is 1. The third-order valence-electron chi connectivity index (χ3n) is 4.45. The van der Waals surface area contributed by atoms with E-state index in [4.69, 9.17) is 5.26 Å². The smallest absolute Gasteiger partial charge is 0.245 e. The summed E-state index contributed by atoms with van der Waals surface area (Å²) >= 11 is 1.46. The fraction of sp³-hybridized carbons (Fsp3) is 0.556. The lowest BCUT2D eigenvalue weighted by molar-refractivity contribution is -0.117. The zero-order chi connectivity index (χ0) is 18.1. The van der Waals surface area contributed by atoms with Crippen molar-refractivity contribution >= 4 is 17.7 Å². The first-order valence-corrected chi connectivity index (χ1v) is 9.59. The normalized spacial score (nSPS) is 22.1. The molecule has 1 N–H and O–H groups in total. The van der Waals surface area contributed by atoms with E-state index >= 15 is 0 Å². The minimum Gasteiger partial charge on any atom is -0.344 e. The summed E-state index contributed by atoms with van der Waals surface area (Å²) in [5, 5.41) is 23.8. The molecule has 7 heteroatoms. The van der Waals surface area contributed by atoms with Crippen molar-refractivity contribution in [3.63, 3.8) is 0 Å². The predicted octanol–water partition coefficient (Wildman–Crippen LogP) is 3.57. The van der Waals surface area contributed by atoms with Gasteiger partial charge < -0.3 is 5.32 Å². The maximum Gasteiger partial charge on any atom is 0.245 e. The van der Waals surface area contributed by atoms with Crippen molar-refractivity contribution in [3.8, 4) is 6.07 Å². The van der Waals surface area contributed by atoms with E-state index < -0.39 is 0 Å². The molecule has 0 saturated heterocycles. The van der Waals surface area contributed by atoms with Crippen molar-refractivity contribution in [1.82, 2.24) is 20.3 Å². The van der Waals surface area contributed by atoms with Crippen LogP contribution in [0.3, 0.4) is 0 Å². The Morgan fingerprint density at radius 2 is 2.24 bits per heavy atom. The minimum absolute atomic E-state index is 0.129. The summed E-state index contributed by atoms with van der Waals surface area (Å²) < 4.78 is 1.51. The molecule has 0 spiro atoms. The molecule has 1 aromatic rings. The maximum absolute atomic E-state index is 12.3. The van der Waals surface area contributed by atoms with Crippen LogP contribution in [0.2, 0.25) is 0 Å². The molecule has 0 radical (unpaired) electrons. The number of nitriles is 1. The first kappa shape index (κ1) is 19.3. The molecule has 1 heterocycles. The molecule has 134 valence electrons. The van der Waals surface area contributed by atoms with Crippen molar-refractivity contribution in [3.05, 3.63) is 34.9 Å². The van der Waals surface area contributed by atoms with Crippen LogP contribution in [0.1, 0.15) is 51.3 Å². The van der Waals surface area contributed by atoms with Gasteiger partial charge in [0.25, 0.3) is 0 Å². The lowest BCUT2D eigenvalue weighted by Crippen LogP contribution is -2.34. The minimum atomic E-state index is -0.163. The lowest BCUT2D eigenvalue weighted by Gasteiger charge is -2.32. The van der Waals surface area contributed by atoms with Gasteiger partial charge in [-0.1, -0.05) is 31.1 Å². The molecule has 1 amide bonds. The first-order chi connectivity index (χ1) is 12.1. The molecule has 0 aromatic carbocycles. The van der Waals surface area contributed by atoms with Crippen molar-refractivity contribution in [2.75, 3.05) is 0 Å². The number of amides is 1. The molecule has 25 heavy (non-hydrogen) atoms. The van der Waals surface area contributed by atoms with Gasteiger partial charge in [0.2, 0.25) is 5.91 Å². The highest BCUT2D eigenvalue weighted by Crippen LogP contribution is 2.36. The number of carbonyl (C=O) groups excluding carboxylic acids is 1. The third kappa shape index (κ3) is 6.05. The van der Waals surface area contributed by atoms with Gasteiger partial charge in [0.1, 0.15) is 12.2 Å². The molecule has 1 atom stereocenters. The van der Waals surface area contributed by atoms with Crippen molar-refractivity contribution in [2.45, 2.75) is 52.1 Å². The Labute approximate surface area is 153 Å². The lowest BCUT2D eigenvalue weighted by atomic mass is 9.78. The van der Waals surface area contributed by atoms with E-state index in [1.165, 1.54) is 16.4 Å². The maximum atomic E-state index is 12.3. The summed E-state index contributed by atoms with van der Waals surface area (Å²) in [6.45, 7) is 4.37. The van der Waals surface area contributed by atoms with E-state index in [1.807, 2.05) is 18.4 Å². The summed E-state index contributed by atoms with van der Waals surface area (Å²) in [7, 11) is 0. The van der Waals surface area contributed by atoms with Crippen molar-refractivity contribution in [1.29, 1.82) is 5.26 Å². The molecule has 1 fully saturated rings. The van der Waals surface area contributed by atoms with Crippen LogP contribution in [-0.4, -0.2) is 20.9 Å². The Balaban J connectivity index is 2.09. The second-order valence-corrected chi connectivity index (χ2v) is 7.23. The van der Waals surface area contributed by atoms with E-state index in [1.54, 1.807) is 17.7 Å². The molecule has 1 aliphatic carbocycles. The number of allylic oxidation sites excluding steroid dienone is 1. The number of hydrogen-bond donors (Lipinski definition) is 1. The number of nitrogens with one attached hydrogen (secondary N) is 1. The van der Waals surface area contributed by atoms with Crippen molar-refractivity contribution in [2.24, 2.45) is 11.8 Å². The number of thioether (sulfide) groups is 1. The third-order valence-corrected chi connectivity index (χ3v) is 5.17. The number of aromatic nitrogens is 3. The highest BCUT2D eigenvalue weighted by molar-refractivity contribution is 8.04. The van der Waals surface area contributed by atoms with Crippen LogP contribution in [-0.2, 0) is 11.3 Å². The monoisotopic (exact) mass is 359 g/mol. The molecule has 0 bridgehead atoms. The van der Waals surface area contributed by atoms with Gasteiger partial charge >= 0.3 is 0 Å². The van der Waals surface area contributed by atoms with Crippen LogP contribution in [0.25, 0.3) is 0 Å². The zero-order valence-electron chi connectivity index (χ0n) is 14.8. The van der Waals surface area contributed by atoms with Gasteiger partial charge in [0.15, 0.2) is 0 Å². The Hall–Kier alpha value is -2.07. The van der Waals surface area contributed by atoms with Gasteiger partial charge in [-0.15, -0.1) is 16.9 Å². The highest BCUT2D eigenvalue weighted by Gasteiger charge is 2.30. The van der Waals surface area contributed by atoms with E-state index in [0.29, 0.717) is 5.92 Å². The van der Waals surface area contributed by atoms with Gasteiger partial charge in [0.05, 0.1) is 18.3 Å². The summed E-state index contributed by atoms with van der Waals surface area (Å²) in [4.78, 5) is 12.3. The van der Waals surface area contributed by atoms with Crippen LogP contribution in [0.5, 0.6) is 0 Å². The average Bonchev–Trinajstić information content (AvgIpc) is 3.06. The Bertz CT molecular complexity index is 653. The quantitative estimate of drug-likeness (QED) is 0.753. The van der Waals surface area contributed by atoms with E-state index in [0.717, 1.165) is 37.3 Å². The second kappa shape index (κ2) is 10.0. The number of nitrogens with zero attached hydrogens (tertiary/aromatic N) is 4. The van der Waals surface area contributed by atoms with Gasteiger partial charge in [-0.3, -0.25) is 4.79 Å². The first-order valence-electron chi connectivity index (χ1n) is 8.64. The van der Waals surface area contributed by atoms with Crippen LogP contribution in [0, 0.1) is 23.2 Å². The second-order valence-electron chi connectivity index (χ2n) is 6.41. The van der Waals surface area contributed by atoms with E-state index in [2.05, 4.69) is 28.6 Å². The molecule has 6 nitrogen and oxygen atoms in total. The molecule has 2 rings (SSSR count). The van der Waals surface area contributed by atoms with Gasteiger partial charge in [0, 0.05) is 6.08 Å². The molecule has 0 aliphatic heterocycles. The fourth-order valence-corrected chi connectivity index (χ4v) is 3.53. The van der Waals surface area contributed by atoms with Crippen LogP contribution >= 0.6 is 11.8 Å². The SMILES string of the molecule is C/C=C\S/C=C/C(=O)N[C@H](c1cn(CC#N)nn1)C1CCC(C)CC1. The molecule has 1 aliphatic rings. The molecular weight excluding hydrogens is 334 g/mol. The summed E-state index contributed by atoms with van der Waals surface area (Å²) in [5.74, 6) is 0.957. The van der Waals surface area contributed by atoms with E-state index in [9.17, 15) is 4.79 Å². The predicted molar refractivity (Wildman–Crippen MR) is 99.2 cm³/mol. The van der Waals surface area contributed by atoms with Crippen molar-refractivity contribution < 1.29 is 4.79 Å². The molecule has 0 unspecified atom stereocenters. The Morgan fingerprint density at radius 3 is 2.92 bits per heavy atom. The molecular formula is C18H25N5OS. The van der Waals surface area contributed by atoms with Crippen LogP contribution < -0.4 is 5.32 Å². The average molecular weight is 359 g/mol. The standard InChI is InChI=1S/C18H25N5OS/c1-3-11-25-12-8-17(24)20-18(15-6-4-14(2)5-7-15)16-13-23(10-9-19)22-21-16/h3,8,11-15,18H,4-7,10H2,1-2H3,(H,20,24)/b11-3-,12-8+/t14?,15?,18-/m0/s1. The fourth-order valence-electron chi connectivity index (χ4n) is 3.08. The van der Waals surface area contributed by atoms with E-state index in [-0.39, 0.29) is 18.5 Å².